The van der Waals surface area contributed by atoms with Crippen LogP contribution >= 0.6 is 22.6 Å². The minimum atomic E-state index is -0.117. The average molecular weight is 535 g/mol. The molecule has 0 radical (unpaired) electrons. The van der Waals surface area contributed by atoms with Crippen molar-refractivity contribution in [3.05, 3.63) is 104 Å². The minimum absolute atomic E-state index is 0.117. The lowest BCUT2D eigenvalue weighted by molar-refractivity contribution is -0.120. The molecule has 0 aliphatic carbocycles. The van der Waals surface area contributed by atoms with E-state index in [0.717, 1.165) is 39.8 Å². The van der Waals surface area contributed by atoms with Crippen LogP contribution in [0.25, 0.3) is 10.9 Å². The van der Waals surface area contributed by atoms with Crippen LogP contribution in [0.1, 0.15) is 33.5 Å². The number of hydrazone groups is 1. The molecule has 32 heavy (non-hydrogen) atoms. The second kappa shape index (κ2) is 9.69. The number of carbonyl (C=O) groups is 1. The number of hydrogen-bond donors (Lipinski definition) is 1. The van der Waals surface area contributed by atoms with Crippen molar-refractivity contribution in [2.45, 2.75) is 33.7 Å². The molecule has 4 aromatic rings. The lowest BCUT2D eigenvalue weighted by Crippen LogP contribution is -2.20. The van der Waals surface area contributed by atoms with Gasteiger partial charge in [0.2, 0.25) is 5.91 Å². The molecular weight excluding hydrogens is 509 g/mol. The summed E-state index contributed by atoms with van der Waals surface area (Å²) in [5.74, 6) is -0.117. The molecule has 1 heterocycles. The number of para-hydroxylation sites is 1. The van der Waals surface area contributed by atoms with Crippen molar-refractivity contribution in [3.63, 3.8) is 0 Å². The molecule has 162 valence electrons. The zero-order valence-electron chi connectivity index (χ0n) is 18.5. The topological polar surface area (TPSA) is 46.4 Å². The molecular formula is C27H26IN3O. The summed E-state index contributed by atoms with van der Waals surface area (Å²) in [6.45, 7) is 6.98. The third kappa shape index (κ3) is 4.93. The Morgan fingerprint density at radius 3 is 2.53 bits per heavy atom. The highest BCUT2D eigenvalue weighted by Gasteiger charge is 2.13. The van der Waals surface area contributed by atoms with E-state index in [-0.39, 0.29) is 5.91 Å². The number of nitrogens with one attached hydrogen (secondary N) is 1. The average Bonchev–Trinajstić information content (AvgIpc) is 3.03. The van der Waals surface area contributed by atoms with Gasteiger partial charge in [0.1, 0.15) is 0 Å². The predicted molar refractivity (Wildman–Crippen MR) is 140 cm³/mol. The summed E-state index contributed by atoms with van der Waals surface area (Å²) in [4.78, 5) is 12.4. The summed E-state index contributed by atoms with van der Waals surface area (Å²) in [7, 11) is 0. The third-order valence-corrected chi connectivity index (χ3v) is 6.48. The maximum atomic E-state index is 12.4. The maximum absolute atomic E-state index is 12.4. The van der Waals surface area contributed by atoms with Gasteiger partial charge in [-0.1, -0.05) is 54.1 Å². The van der Waals surface area contributed by atoms with E-state index < -0.39 is 0 Å². The van der Waals surface area contributed by atoms with Crippen LogP contribution in [-0.2, 0) is 17.8 Å². The van der Waals surface area contributed by atoms with Crippen molar-refractivity contribution < 1.29 is 4.79 Å². The van der Waals surface area contributed by atoms with Crippen LogP contribution in [0.5, 0.6) is 0 Å². The Morgan fingerprint density at radius 2 is 1.78 bits per heavy atom. The van der Waals surface area contributed by atoms with Crippen molar-refractivity contribution >= 4 is 45.6 Å². The van der Waals surface area contributed by atoms with Crippen molar-refractivity contribution in [2.75, 3.05) is 0 Å². The summed E-state index contributed by atoms with van der Waals surface area (Å²) < 4.78 is 3.53. The molecule has 4 nitrogen and oxygen atoms in total. The molecule has 1 amide bonds. The molecule has 5 heteroatoms. The summed E-state index contributed by atoms with van der Waals surface area (Å²) in [6, 6.07) is 23.0. The lowest BCUT2D eigenvalue weighted by Gasteiger charge is -2.09. The summed E-state index contributed by atoms with van der Waals surface area (Å²) in [6.07, 6.45) is 2.08. The number of aromatic nitrogens is 1. The van der Waals surface area contributed by atoms with Gasteiger partial charge in [-0.2, -0.15) is 5.10 Å². The second-order valence-corrected chi connectivity index (χ2v) is 9.37. The molecule has 4 rings (SSSR count). The molecule has 0 saturated heterocycles. The Kier molecular flexibility index (Phi) is 6.74. The molecule has 0 atom stereocenters. The molecule has 1 aromatic heterocycles. The van der Waals surface area contributed by atoms with Gasteiger partial charge in [-0.3, -0.25) is 4.79 Å². The Labute approximate surface area is 202 Å². The van der Waals surface area contributed by atoms with E-state index in [0.29, 0.717) is 6.42 Å². The quantitative estimate of drug-likeness (QED) is 0.186. The van der Waals surface area contributed by atoms with Gasteiger partial charge in [0, 0.05) is 32.3 Å². The molecule has 0 aliphatic rings. The van der Waals surface area contributed by atoms with Crippen LogP contribution < -0.4 is 5.43 Å². The fourth-order valence-corrected chi connectivity index (χ4v) is 4.38. The number of fused-ring (bicyclic) bond motifs is 1. The highest BCUT2D eigenvalue weighted by molar-refractivity contribution is 14.1. The van der Waals surface area contributed by atoms with Crippen molar-refractivity contribution in [1.29, 1.82) is 0 Å². The van der Waals surface area contributed by atoms with Crippen molar-refractivity contribution in [1.82, 2.24) is 9.99 Å². The fraction of sp³-hybridized carbons (Fsp3) is 0.185. The van der Waals surface area contributed by atoms with E-state index in [1.54, 1.807) is 6.21 Å². The van der Waals surface area contributed by atoms with E-state index in [9.17, 15) is 4.79 Å². The van der Waals surface area contributed by atoms with Crippen molar-refractivity contribution in [3.8, 4) is 0 Å². The minimum Gasteiger partial charge on any atom is -0.340 e. The van der Waals surface area contributed by atoms with E-state index in [1.807, 2.05) is 25.1 Å². The highest BCUT2D eigenvalue weighted by atomic mass is 127. The van der Waals surface area contributed by atoms with Crippen LogP contribution in [0.15, 0.2) is 71.8 Å². The van der Waals surface area contributed by atoms with Crippen LogP contribution in [0, 0.1) is 24.3 Å². The number of aryl methyl sites for hydroxylation is 2. The van der Waals surface area contributed by atoms with Gasteiger partial charge in [0.05, 0.1) is 12.6 Å². The molecule has 3 aromatic carbocycles. The number of benzene rings is 3. The van der Waals surface area contributed by atoms with Crippen LogP contribution in [0.4, 0.5) is 0 Å². The number of nitrogens with zero attached hydrogens (tertiary/aromatic N) is 2. The Morgan fingerprint density at radius 1 is 1.03 bits per heavy atom. The van der Waals surface area contributed by atoms with E-state index in [1.165, 1.54) is 14.7 Å². The molecule has 0 bridgehead atoms. The van der Waals surface area contributed by atoms with E-state index in [4.69, 9.17) is 0 Å². The zero-order chi connectivity index (χ0) is 22.7. The lowest BCUT2D eigenvalue weighted by atomic mass is 10.0. The first kappa shape index (κ1) is 22.3. The van der Waals surface area contributed by atoms with Gasteiger partial charge in [-0.05, 0) is 78.3 Å². The van der Waals surface area contributed by atoms with Gasteiger partial charge in [-0.15, -0.1) is 0 Å². The Balaban J connectivity index is 1.55. The summed E-state index contributed by atoms with van der Waals surface area (Å²) >= 11 is 2.32. The van der Waals surface area contributed by atoms with Crippen LogP contribution in [0.2, 0.25) is 0 Å². The van der Waals surface area contributed by atoms with Gasteiger partial charge in [-0.25, -0.2) is 5.43 Å². The van der Waals surface area contributed by atoms with E-state index >= 15 is 0 Å². The first-order chi connectivity index (χ1) is 15.4. The number of halogens is 1. The second-order valence-electron chi connectivity index (χ2n) is 8.13. The fourth-order valence-electron chi connectivity index (χ4n) is 4.02. The summed E-state index contributed by atoms with van der Waals surface area (Å²) in [5, 5.41) is 5.42. The van der Waals surface area contributed by atoms with Crippen molar-refractivity contribution in [2.24, 2.45) is 5.10 Å². The van der Waals surface area contributed by atoms with Gasteiger partial charge in [0.15, 0.2) is 0 Å². The van der Waals surface area contributed by atoms with Gasteiger partial charge < -0.3 is 4.57 Å². The smallest absolute Gasteiger partial charge is 0.244 e. The molecule has 0 saturated carbocycles. The Hall–Kier alpha value is -2.93. The Bertz CT molecular complexity index is 1300. The SMILES string of the molecule is Cc1ccc(CC(=O)N/N=C/c2c(C)n(Cc3ccc(I)cc3)c3ccccc23)c(C)c1. The molecule has 0 spiro atoms. The van der Waals surface area contributed by atoms with E-state index in [2.05, 4.69) is 100 Å². The zero-order valence-corrected chi connectivity index (χ0v) is 20.7. The molecule has 0 aliphatic heterocycles. The monoisotopic (exact) mass is 535 g/mol. The first-order valence-electron chi connectivity index (χ1n) is 10.6. The van der Waals surface area contributed by atoms with Crippen LogP contribution in [-0.4, -0.2) is 16.7 Å². The summed E-state index contributed by atoms with van der Waals surface area (Å²) in [5.41, 5.74) is 10.6. The van der Waals surface area contributed by atoms with Gasteiger partial charge >= 0.3 is 0 Å². The number of rotatable bonds is 6. The molecule has 1 N–H and O–H groups in total. The normalized spacial score (nSPS) is 11.4. The molecule has 0 unspecified atom stereocenters. The highest BCUT2D eigenvalue weighted by Crippen LogP contribution is 2.25. The predicted octanol–water partition coefficient (Wildman–Crippen LogP) is 5.91. The standard InChI is InChI=1S/C27H26IN3O/c1-18-8-11-22(19(2)14-18)15-27(32)30-29-16-25-20(3)31(26-7-5-4-6-24(25)26)17-21-9-12-23(28)13-10-21/h4-14,16H,15,17H2,1-3H3,(H,30,32)/b29-16+. The maximum Gasteiger partial charge on any atom is 0.244 e. The van der Waals surface area contributed by atoms with Crippen LogP contribution in [0.3, 0.4) is 0 Å². The number of hydrogen-bond acceptors (Lipinski definition) is 2. The number of carbonyl (C=O) groups excluding carboxylic acids is 1. The molecule has 0 fully saturated rings. The van der Waals surface area contributed by atoms with Gasteiger partial charge in [0.25, 0.3) is 0 Å². The number of amides is 1. The largest absolute Gasteiger partial charge is 0.340 e. The third-order valence-electron chi connectivity index (χ3n) is 5.77. The first-order valence-corrected chi connectivity index (χ1v) is 11.7.